The van der Waals surface area contributed by atoms with Crippen LogP contribution in [-0.4, -0.2) is 17.4 Å². The van der Waals surface area contributed by atoms with E-state index in [1.165, 1.54) is 12.1 Å². The third-order valence-electron chi connectivity index (χ3n) is 3.71. The largest absolute Gasteiger partial charge is 0.366 e. The van der Waals surface area contributed by atoms with Crippen molar-refractivity contribution in [3.8, 4) is 6.07 Å². The van der Waals surface area contributed by atoms with Gasteiger partial charge in [-0.15, -0.1) is 0 Å². The molecule has 2 rings (SSSR count). The van der Waals surface area contributed by atoms with Crippen molar-refractivity contribution in [2.75, 3.05) is 0 Å². The molecule has 2 amide bonds. The van der Waals surface area contributed by atoms with Crippen LogP contribution in [0.1, 0.15) is 52.8 Å². The molecule has 1 aromatic carbocycles. The van der Waals surface area contributed by atoms with Gasteiger partial charge < -0.3 is 11.1 Å². The van der Waals surface area contributed by atoms with Crippen LogP contribution >= 0.6 is 0 Å². The van der Waals surface area contributed by atoms with E-state index in [1.807, 2.05) is 0 Å². The second kappa shape index (κ2) is 5.74. The van der Waals surface area contributed by atoms with Crippen LogP contribution in [0.2, 0.25) is 0 Å². The quantitative estimate of drug-likeness (QED) is 0.876. The smallest absolute Gasteiger partial charge is 0.252 e. The maximum Gasteiger partial charge on any atom is 0.252 e. The molecule has 0 aliphatic heterocycles. The van der Waals surface area contributed by atoms with Crippen LogP contribution in [0.25, 0.3) is 0 Å². The van der Waals surface area contributed by atoms with E-state index < -0.39 is 11.4 Å². The monoisotopic (exact) mass is 271 g/mol. The van der Waals surface area contributed by atoms with Gasteiger partial charge in [-0.05, 0) is 37.1 Å². The zero-order valence-electron chi connectivity index (χ0n) is 11.2. The number of hydrogen-bond acceptors (Lipinski definition) is 3. The molecule has 0 heterocycles. The summed E-state index contributed by atoms with van der Waals surface area (Å²) >= 11 is 0. The molecule has 0 unspecified atom stereocenters. The molecule has 1 aliphatic carbocycles. The number of benzene rings is 1. The van der Waals surface area contributed by atoms with E-state index in [4.69, 9.17) is 5.73 Å². The zero-order chi connectivity index (χ0) is 14.6. The maximum absolute atomic E-state index is 12.2. The highest BCUT2D eigenvalue weighted by molar-refractivity contribution is 5.97. The summed E-state index contributed by atoms with van der Waals surface area (Å²) in [7, 11) is 0. The average Bonchev–Trinajstić information content (AvgIpc) is 2.48. The van der Waals surface area contributed by atoms with Crippen LogP contribution in [0.4, 0.5) is 0 Å². The van der Waals surface area contributed by atoms with Gasteiger partial charge in [-0.3, -0.25) is 9.59 Å². The van der Waals surface area contributed by atoms with Crippen LogP contribution in [0, 0.1) is 11.3 Å². The highest BCUT2D eigenvalue weighted by atomic mass is 16.2. The van der Waals surface area contributed by atoms with Crippen LogP contribution < -0.4 is 11.1 Å². The van der Waals surface area contributed by atoms with Crippen molar-refractivity contribution in [1.29, 1.82) is 5.26 Å². The van der Waals surface area contributed by atoms with Gasteiger partial charge >= 0.3 is 0 Å². The fraction of sp³-hybridized carbons (Fsp3) is 0.400. The Morgan fingerprint density at radius 1 is 1.10 bits per heavy atom. The molecule has 1 aromatic rings. The molecule has 104 valence electrons. The highest BCUT2D eigenvalue weighted by Gasteiger charge is 2.33. The molecule has 0 bridgehead atoms. The SMILES string of the molecule is N#CC1(NC(=O)c2ccc(C(N)=O)cc2)CCCCC1. The maximum atomic E-state index is 12.2. The molecule has 0 spiro atoms. The molecule has 5 nitrogen and oxygen atoms in total. The summed E-state index contributed by atoms with van der Waals surface area (Å²) in [6.07, 6.45) is 4.39. The first kappa shape index (κ1) is 14.1. The first-order chi connectivity index (χ1) is 9.56. The third-order valence-corrected chi connectivity index (χ3v) is 3.71. The summed E-state index contributed by atoms with van der Waals surface area (Å²) in [4.78, 5) is 23.2. The van der Waals surface area contributed by atoms with Crippen LogP contribution in [0.5, 0.6) is 0 Å². The summed E-state index contributed by atoms with van der Waals surface area (Å²) in [6, 6.07) is 8.35. The van der Waals surface area contributed by atoms with Crippen LogP contribution in [0.15, 0.2) is 24.3 Å². The van der Waals surface area contributed by atoms with E-state index in [0.29, 0.717) is 24.0 Å². The second-order valence-electron chi connectivity index (χ2n) is 5.15. The highest BCUT2D eigenvalue weighted by Crippen LogP contribution is 2.27. The topological polar surface area (TPSA) is 96.0 Å². The van der Waals surface area contributed by atoms with Crippen molar-refractivity contribution < 1.29 is 9.59 Å². The van der Waals surface area contributed by atoms with Gasteiger partial charge in [0.2, 0.25) is 5.91 Å². The average molecular weight is 271 g/mol. The Bertz CT molecular complexity index is 551. The van der Waals surface area contributed by atoms with Crippen LogP contribution in [-0.2, 0) is 0 Å². The number of nitrogens with two attached hydrogens (primary N) is 1. The van der Waals surface area contributed by atoms with Gasteiger partial charge in [-0.1, -0.05) is 19.3 Å². The van der Waals surface area contributed by atoms with Gasteiger partial charge in [0.1, 0.15) is 5.54 Å². The summed E-state index contributed by atoms with van der Waals surface area (Å²) in [5.41, 5.74) is 5.18. The summed E-state index contributed by atoms with van der Waals surface area (Å²) in [5, 5.41) is 12.2. The fourth-order valence-corrected chi connectivity index (χ4v) is 2.50. The van der Waals surface area contributed by atoms with Crippen molar-refractivity contribution in [3.63, 3.8) is 0 Å². The minimum atomic E-state index is -0.752. The minimum absolute atomic E-state index is 0.288. The fourth-order valence-electron chi connectivity index (χ4n) is 2.50. The van der Waals surface area contributed by atoms with E-state index in [0.717, 1.165) is 19.3 Å². The van der Waals surface area contributed by atoms with E-state index in [9.17, 15) is 14.9 Å². The van der Waals surface area contributed by atoms with E-state index >= 15 is 0 Å². The number of nitrogens with zero attached hydrogens (tertiary/aromatic N) is 1. The number of primary amides is 1. The molecule has 0 radical (unpaired) electrons. The Labute approximate surface area is 117 Å². The van der Waals surface area contributed by atoms with E-state index in [1.54, 1.807) is 12.1 Å². The molecule has 0 atom stereocenters. The van der Waals surface area contributed by atoms with Gasteiger partial charge in [0.05, 0.1) is 6.07 Å². The lowest BCUT2D eigenvalue weighted by Crippen LogP contribution is -2.48. The number of hydrogen-bond donors (Lipinski definition) is 2. The molecular formula is C15H17N3O2. The molecule has 1 fully saturated rings. The number of rotatable bonds is 3. The molecule has 3 N–H and O–H groups in total. The molecule has 5 heteroatoms. The first-order valence-electron chi connectivity index (χ1n) is 6.70. The van der Waals surface area contributed by atoms with E-state index in [2.05, 4.69) is 11.4 Å². The molecule has 1 aliphatic rings. The molecule has 20 heavy (non-hydrogen) atoms. The third kappa shape index (κ3) is 2.97. The summed E-state index contributed by atoms with van der Waals surface area (Å²) in [6.45, 7) is 0. The van der Waals surface area contributed by atoms with Crippen molar-refractivity contribution in [3.05, 3.63) is 35.4 Å². The van der Waals surface area contributed by atoms with Gasteiger partial charge in [-0.2, -0.15) is 5.26 Å². The number of carbonyl (C=O) groups excluding carboxylic acids is 2. The van der Waals surface area contributed by atoms with Crippen molar-refractivity contribution >= 4 is 11.8 Å². The van der Waals surface area contributed by atoms with Crippen molar-refractivity contribution in [1.82, 2.24) is 5.32 Å². The Kier molecular flexibility index (Phi) is 4.04. The van der Waals surface area contributed by atoms with Crippen LogP contribution in [0.3, 0.4) is 0 Å². The number of nitrogens with one attached hydrogen (secondary N) is 1. The Hall–Kier alpha value is -2.35. The predicted octanol–water partition coefficient (Wildman–Crippen LogP) is 1.74. The molecule has 1 saturated carbocycles. The number of amides is 2. The lowest BCUT2D eigenvalue weighted by atomic mass is 9.82. The van der Waals surface area contributed by atoms with Gasteiger partial charge in [0, 0.05) is 11.1 Å². The lowest BCUT2D eigenvalue weighted by molar-refractivity contribution is 0.0901. The molecule has 0 saturated heterocycles. The van der Waals surface area contributed by atoms with Gasteiger partial charge in [-0.25, -0.2) is 0 Å². The number of carbonyl (C=O) groups is 2. The Balaban J connectivity index is 2.11. The van der Waals surface area contributed by atoms with Crippen molar-refractivity contribution in [2.45, 2.75) is 37.6 Å². The zero-order valence-corrected chi connectivity index (χ0v) is 11.2. The predicted molar refractivity (Wildman–Crippen MR) is 73.9 cm³/mol. The van der Waals surface area contributed by atoms with E-state index in [-0.39, 0.29) is 5.91 Å². The lowest BCUT2D eigenvalue weighted by Gasteiger charge is -2.31. The Morgan fingerprint density at radius 2 is 1.65 bits per heavy atom. The first-order valence-corrected chi connectivity index (χ1v) is 6.70. The summed E-state index contributed by atoms with van der Waals surface area (Å²) in [5.74, 6) is -0.817. The standard InChI is InChI=1S/C15H17N3O2/c16-10-15(8-2-1-3-9-15)18-14(20)12-6-4-11(5-7-12)13(17)19/h4-7H,1-3,8-9H2,(H2,17,19)(H,18,20). The minimum Gasteiger partial charge on any atom is -0.366 e. The van der Waals surface area contributed by atoms with Gasteiger partial charge in [0.25, 0.3) is 5.91 Å². The summed E-state index contributed by atoms with van der Waals surface area (Å²) < 4.78 is 0. The normalized spacial score (nSPS) is 16.9. The number of nitriles is 1. The molecule has 0 aromatic heterocycles. The van der Waals surface area contributed by atoms with Gasteiger partial charge in [0.15, 0.2) is 0 Å². The Morgan fingerprint density at radius 3 is 2.15 bits per heavy atom. The second-order valence-corrected chi connectivity index (χ2v) is 5.15. The van der Waals surface area contributed by atoms with Crippen molar-refractivity contribution in [2.24, 2.45) is 5.73 Å². The molecular weight excluding hydrogens is 254 g/mol.